The Morgan fingerprint density at radius 1 is 1.00 bits per heavy atom. The third kappa shape index (κ3) is 3.57. The minimum atomic E-state index is -0.612. The molecule has 0 saturated heterocycles. The number of rotatable bonds is 4. The molecule has 2 N–H and O–H groups in total. The van der Waals surface area contributed by atoms with E-state index in [-0.39, 0.29) is 0 Å². The van der Waals surface area contributed by atoms with Gasteiger partial charge in [0, 0.05) is 0 Å². The number of amides is 3. The van der Waals surface area contributed by atoms with Crippen LogP contribution in [0, 0.1) is 0 Å². The van der Waals surface area contributed by atoms with E-state index in [0.717, 1.165) is 0 Å². The normalized spacial score (nSPS) is 9.47. The molecule has 2 aromatic rings. The molecule has 0 heterocycles. The van der Waals surface area contributed by atoms with Gasteiger partial charge < -0.3 is 10.1 Å². The van der Waals surface area contributed by atoms with E-state index in [9.17, 15) is 9.59 Å². The lowest BCUT2D eigenvalue weighted by atomic mass is 10.3. The monoisotopic (exact) mass is 256 g/mol. The number of benzene rings is 2. The fourth-order valence-corrected chi connectivity index (χ4v) is 1.49. The second-order valence-corrected chi connectivity index (χ2v) is 3.63. The van der Waals surface area contributed by atoms with Crippen LogP contribution < -0.4 is 15.4 Å². The Kier molecular flexibility index (Phi) is 4.12. The van der Waals surface area contributed by atoms with E-state index in [1.165, 1.54) is 0 Å². The van der Waals surface area contributed by atoms with Gasteiger partial charge in [-0.25, -0.2) is 4.79 Å². The highest BCUT2D eigenvalue weighted by molar-refractivity contribution is 5.96. The van der Waals surface area contributed by atoms with Crippen LogP contribution >= 0.6 is 0 Å². The fraction of sp³-hybridized carbons (Fsp3) is 0. The van der Waals surface area contributed by atoms with E-state index in [1.54, 1.807) is 24.3 Å². The van der Waals surface area contributed by atoms with Crippen molar-refractivity contribution in [2.45, 2.75) is 0 Å². The first kappa shape index (κ1) is 12.6. The average Bonchev–Trinajstić information content (AvgIpc) is 2.42. The maximum Gasteiger partial charge on any atom is 0.325 e. The van der Waals surface area contributed by atoms with E-state index in [2.05, 4.69) is 5.32 Å². The number of hydrogen-bond acceptors (Lipinski definition) is 3. The minimum Gasteiger partial charge on any atom is -0.455 e. The molecule has 0 aliphatic rings. The largest absolute Gasteiger partial charge is 0.455 e. The van der Waals surface area contributed by atoms with E-state index < -0.39 is 6.03 Å². The lowest BCUT2D eigenvalue weighted by molar-refractivity contribution is -0.108. The van der Waals surface area contributed by atoms with E-state index in [4.69, 9.17) is 4.74 Å². The van der Waals surface area contributed by atoms with Gasteiger partial charge in [-0.2, -0.15) is 0 Å². The number of anilines is 1. The molecule has 2 rings (SSSR count). The third-order valence-electron chi connectivity index (χ3n) is 2.30. The molecular weight excluding hydrogens is 244 g/mol. The molecule has 0 atom stereocenters. The minimum absolute atomic E-state index is 0.315. The Morgan fingerprint density at radius 2 is 1.68 bits per heavy atom. The number of nitrogens with one attached hydrogen (secondary N) is 2. The lowest BCUT2D eigenvalue weighted by Gasteiger charge is -2.11. The van der Waals surface area contributed by atoms with Gasteiger partial charge in [0.15, 0.2) is 5.75 Å². The summed E-state index contributed by atoms with van der Waals surface area (Å²) in [6.07, 6.45) is 0.315. The van der Waals surface area contributed by atoms with Crippen molar-refractivity contribution in [1.82, 2.24) is 5.32 Å². The molecule has 5 heteroatoms. The van der Waals surface area contributed by atoms with Crippen LogP contribution in [0.2, 0.25) is 0 Å². The van der Waals surface area contributed by atoms with E-state index in [1.807, 2.05) is 35.6 Å². The van der Waals surface area contributed by atoms with Crippen LogP contribution in [-0.4, -0.2) is 12.4 Å². The fourth-order valence-electron chi connectivity index (χ4n) is 1.49. The molecular formula is C14H12N2O3. The standard InChI is InChI=1S/C14H12N2O3/c17-10-15-14(18)16-12-8-4-5-9-13(12)19-11-6-2-1-3-7-11/h1-10H,(H2,15,16,17,18). The maximum atomic E-state index is 11.3. The highest BCUT2D eigenvalue weighted by atomic mass is 16.5. The first-order chi connectivity index (χ1) is 9.29. The number of carbonyl (C=O) groups is 2. The summed E-state index contributed by atoms with van der Waals surface area (Å²) in [5.74, 6) is 1.15. The Bertz CT molecular complexity index is 570. The predicted molar refractivity (Wildman–Crippen MR) is 71.2 cm³/mol. The van der Waals surface area contributed by atoms with Gasteiger partial charge in [-0.3, -0.25) is 10.1 Å². The smallest absolute Gasteiger partial charge is 0.325 e. The van der Waals surface area contributed by atoms with Gasteiger partial charge in [-0.05, 0) is 24.3 Å². The quantitative estimate of drug-likeness (QED) is 0.826. The molecule has 0 spiro atoms. The molecule has 0 bridgehead atoms. The average molecular weight is 256 g/mol. The lowest BCUT2D eigenvalue weighted by Crippen LogP contribution is -2.27. The van der Waals surface area contributed by atoms with Gasteiger partial charge in [0.2, 0.25) is 6.41 Å². The Hall–Kier alpha value is -2.82. The zero-order chi connectivity index (χ0) is 13.5. The molecule has 0 unspecified atom stereocenters. The predicted octanol–water partition coefficient (Wildman–Crippen LogP) is 2.76. The van der Waals surface area contributed by atoms with Crippen LogP contribution in [0.15, 0.2) is 54.6 Å². The number of para-hydroxylation sites is 3. The molecule has 0 saturated carbocycles. The van der Waals surface area contributed by atoms with Crippen molar-refractivity contribution in [2.24, 2.45) is 0 Å². The van der Waals surface area contributed by atoms with Gasteiger partial charge in [-0.1, -0.05) is 30.3 Å². The Labute approximate surface area is 110 Å². The molecule has 0 radical (unpaired) electrons. The second kappa shape index (κ2) is 6.20. The molecule has 3 amide bonds. The Balaban J connectivity index is 2.16. The van der Waals surface area contributed by atoms with Gasteiger partial charge in [-0.15, -0.1) is 0 Å². The topological polar surface area (TPSA) is 67.4 Å². The molecule has 2 aromatic carbocycles. The van der Waals surface area contributed by atoms with E-state index in [0.29, 0.717) is 23.6 Å². The molecule has 0 fully saturated rings. The van der Waals surface area contributed by atoms with Gasteiger partial charge in [0.25, 0.3) is 0 Å². The highest BCUT2D eigenvalue weighted by Gasteiger charge is 2.07. The number of imide groups is 1. The van der Waals surface area contributed by atoms with Crippen LogP contribution in [0.4, 0.5) is 10.5 Å². The summed E-state index contributed by atoms with van der Waals surface area (Å²) in [5, 5.41) is 4.52. The van der Waals surface area contributed by atoms with Crippen LogP contribution in [-0.2, 0) is 4.79 Å². The van der Waals surface area contributed by atoms with Crippen LogP contribution in [0.25, 0.3) is 0 Å². The van der Waals surface area contributed by atoms with E-state index >= 15 is 0 Å². The number of urea groups is 1. The van der Waals surface area contributed by atoms with Gasteiger partial charge >= 0.3 is 6.03 Å². The molecule has 0 aliphatic carbocycles. The Morgan fingerprint density at radius 3 is 2.42 bits per heavy atom. The van der Waals surface area contributed by atoms with Gasteiger partial charge in [0.1, 0.15) is 5.75 Å². The highest BCUT2D eigenvalue weighted by Crippen LogP contribution is 2.28. The van der Waals surface area contributed by atoms with Gasteiger partial charge in [0.05, 0.1) is 5.69 Å². The summed E-state index contributed by atoms with van der Waals surface area (Å²) in [6, 6.07) is 15.6. The summed E-state index contributed by atoms with van der Waals surface area (Å²) >= 11 is 0. The summed E-state index contributed by atoms with van der Waals surface area (Å²) in [5.41, 5.74) is 0.478. The molecule has 0 aliphatic heterocycles. The summed E-state index contributed by atoms with van der Waals surface area (Å²) in [6.45, 7) is 0. The second-order valence-electron chi connectivity index (χ2n) is 3.63. The first-order valence-corrected chi connectivity index (χ1v) is 5.62. The summed E-state index contributed by atoms with van der Waals surface area (Å²) < 4.78 is 5.66. The maximum absolute atomic E-state index is 11.3. The number of hydrogen-bond donors (Lipinski definition) is 2. The van der Waals surface area contributed by atoms with Crippen molar-refractivity contribution in [3.63, 3.8) is 0 Å². The third-order valence-corrected chi connectivity index (χ3v) is 2.30. The van der Waals surface area contributed by atoms with Crippen molar-refractivity contribution in [1.29, 1.82) is 0 Å². The van der Waals surface area contributed by atoms with Crippen LogP contribution in [0.1, 0.15) is 0 Å². The summed E-state index contributed by atoms with van der Waals surface area (Å²) in [4.78, 5) is 21.5. The zero-order valence-electron chi connectivity index (χ0n) is 10.00. The van der Waals surface area contributed by atoms with Crippen molar-refractivity contribution in [2.75, 3.05) is 5.32 Å². The van der Waals surface area contributed by atoms with Crippen LogP contribution in [0.5, 0.6) is 11.5 Å². The molecule has 96 valence electrons. The first-order valence-electron chi connectivity index (χ1n) is 5.62. The van der Waals surface area contributed by atoms with Crippen molar-refractivity contribution in [3.8, 4) is 11.5 Å². The SMILES string of the molecule is O=CNC(=O)Nc1ccccc1Oc1ccccc1. The molecule has 5 nitrogen and oxygen atoms in total. The number of carbonyl (C=O) groups excluding carboxylic acids is 2. The van der Waals surface area contributed by atoms with Crippen molar-refractivity contribution >= 4 is 18.1 Å². The van der Waals surface area contributed by atoms with Crippen molar-refractivity contribution < 1.29 is 14.3 Å². The van der Waals surface area contributed by atoms with Crippen LogP contribution in [0.3, 0.4) is 0 Å². The molecule has 19 heavy (non-hydrogen) atoms. The zero-order valence-corrected chi connectivity index (χ0v) is 10.00. The number of ether oxygens (including phenoxy) is 1. The summed E-state index contributed by atoms with van der Waals surface area (Å²) in [7, 11) is 0. The molecule has 0 aromatic heterocycles. The van der Waals surface area contributed by atoms with Crippen molar-refractivity contribution in [3.05, 3.63) is 54.6 Å².